The van der Waals surface area contributed by atoms with E-state index >= 15 is 0 Å². The van der Waals surface area contributed by atoms with Crippen LogP contribution in [0.3, 0.4) is 0 Å². The topological polar surface area (TPSA) is 40.5 Å². The second kappa shape index (κ2) is 5.70. The first-order valence-corrected chi connectivity index (χ1v) is 7.34. The third-order valence-electron chi connectivity index (χ3n) is 4.08. The number of rotatable bonds is 4. The van der Waals surface area contributed by atoms with Gasteiger partial charge in [-0.15, -0.1) is 0 Å². The summed E-state index contributed by atoms with van der Waals surface area (Å²) >= 11 is 0. The van der Waals surface area contributed by atoms with Gasteiger partial charge in [0, 0.05) is 12.1 Å². The van der Waals surface area contributed by atoms with E-state index in [0.717, 1.165) is 11.1 Å². The zero-order valence-corrected chi connectivity index (χ0v) is 12.1. The second-order valence-corrected chi connectivity index (χ2v) is 5.43. The summed E-state index contributed by atoms with van der Waals surface area (Å²) in [5, 5.41) is 10.4. The van der Waals surface area contributed by atoms with E-state index in [9.17, 15) is 9.90 Å². The molecule has 108 valence electrons. The van der Waals surface area contributed by atoms with Crippen LogP contribution in [0.2, 0.25) is 0 Å². The van der Waals surface area contributed by atoms with Crippen LogP contribution < -0.4 is 0 Å². The Balaban J connectivity index is 1.97. The van der Waals surface area contributed by atoms with Crippen LogP contribution in [0.25, 0.3) is 0 Å². The third-order valence-corrected chi connectivity index (χ3v) is 4.08. The van der Waals surface area contributed by atoms with Gasteiger partial charge < -0.3 is 10.0 Å². The molecule has 0 bridgehead atoms. The number of benzene rings is 2. The maximum Gasteiger partial charge on any atom is 0.255 e. The largest absolute Gasteiger partial charge is 0.391 e. The molecule has 1 aliphatic rings. The Bertz CT molecular complexity index is 639. The van der Waals surface area contributed by atoms with Crippen molar-refractivity contribution in [2.45, 2.75) is 32.0 Å². The number of carbonyl (C=O) groups excluding carboxylic acids is 1. The van der Waals surface area contributed by atoms with Gasteiger partial charge in [0.1, 0.15) is 0 Å². The van der Waals surface area contributed by atoms with Crippen LogP contribution in [0.4, 0.5) is 0 Å². The van der Waals surface area contributed by atoms with Gasteiger partial charge in [0.15, 0.2) is 0 Å². The summed E-state index contributed by atoms with van der Waals surface area (Å²) in [4.78, 5) is 14.4. The van der Waals surface area contributed by atoms with Crippen LogP contribution in [0.15, 0.2) is 54.6 Å². The van der Waals surface area contributed by atoms with Gasteiger partial charge in [-0.1, -0.05) is 55.5 Å². The molecule has 0 aromatic heterocycles. The van der Waals surface area contributed by atoms with E-state index in [1.165, 1.54) is 0 Å². The molecule has 0 saturated carbocycles. The van der Waals surface area contributed by atoms with Crippen LogP contribution in [-0.4, -0.2) is 22.0 Å². The highest BCUT2D eigenvalue weighted by Crippen LogP contribution is 2.37. The summed E-state index contributed by atoms with van der Waals surface area (Å²) in [5.41, 5.74) is 2.73. The molecule has 0 unspecified atom stereocenters. The van der Waals surface area contributed by atoms with Crippen molar-refractivity contribution in [1.29, 1.82) is 0 Å². The quantitative estimate of drug-likeness (QED) is 0.935. The van der Waals surface area contributed by atoms with Crippen molar-refractivity contribution in [3.05, 3.63) is 71.3 Å². The average Bonchev–Trinajstić information content (AvgIpc) is 2.81. The number of aliphatic hydroxyl groups is 1. The van der Waals surface area contributed by atoms with Gasteiger partial charge in [0.2, 0.25) is 0 Å². The smallest absolute Gasteiger partial charge is 0.255 e. The summed E-state index contributed by atoms with van der Waals surface area (Å²) in [6.07, 6.45) is 0.0821. The van der Waals surface area contributed by atoms with E-state index in [0.29, 0.717) is 18.5 Å². The minimum absolute atomic E-state index is 0.00644. The van der Waals surface area contributed by atoms with Crippen molar-refractivity contribution in [2.75, 3.05) is 0 Å². The first kappa shape index (κ1) is 13.8. The van der Waals surface area contributed by atoms with Gasteiger partial charge in [-0.05, 0) is 23.6 Å². The first-order chi connectivity index (χ1) is 10.2. The fourth-order valence-electron chi connectivity index (χ4n) is 2.99. The number of hydrogen-bond acceptors (Lipinski definition) is 2. The number of amides is 1. The molecule has 0 fully saturated rings. The SMILES string of the molecule is CC[C@@H](O)[C@H]1c2ccccc2C(=O)N1Cc1ccccc1. The molecule has 3 rings (SSSR count). The number of fused-ring (bicyclic) bond motifs is 1. The van der Waals surface area contributed by atoms with Crippen LogP contribution in [0.1, 0.15) is 40.9 Å². The number of nitrogens with zero attached hydrogens (tertiary/aromatic N) is 1. The zero-order valence-electron chi connectivity index (χ0n) is 12.1. The van der Waals surface area contributed by atoms with Gasteiger partial charge in [0.05, 0.1) is 12.1 Å². The van der Waals surface area contributed by atoms with Crippen LogP contribution >= 0.6 is 0 Å². The molecular formula is C18H19NO2. The van der Waals surface area contributed by atoms with E-state index in [2.05, 4.69) is 0 Å². The number of carbonyl (C=O) groups is 1. The predicted molar refractivity (Wildman–Crippen MR) is 81.8 cm³/mol. The highest BCUT2D eigenvalue weighted by Gasteiger charge is 2.39. The summed E-state index contributed by atoms with van der Waals surface area (Å²) in [6, 6.07) is 17.2. The van der Waals surface area contributed by atoms with Crippen LogP contribution in [0, 0.1) is 0 Å². The normalized spacial score (nSPS) is 18.7. The fraction of sp³-hybridized carbons (Fsp3) is 0.278. The van der Waals surface area contributed by atoms with Crippen molar-refractivity contribution in [1.82, 2.24) is 4.90 Å². The third kappa shape index (κ3) is 2.45. The van der Waals surface area contributed by atoms with E-state index in [1.54, 1.807) is 4.90 Å². The van der Waals surface area contributed by atoms with Gasteiger partial charge >= 0.3 is 0 Å². The lowest BCUT2D eigenvalue weighted by Crippen LogP contribution is -2.34. The molecule has 0 radical (unpaired) electrons. The van der Waals surface area contributed by atoms with E-state index in [-0.39, 0.29) is 11.9 Å². The Morgan fingerprint density at radius 2 is 1.76 bits per heavy atom. The van der Waals surface area contributed by atoms with Gasteiger partial charge in [-0.3, -0.25) is 4.79 Å². The molecule has 3 nitrogen and oxygen atoms in total. The lowest BCUT2D eigenvalue weighted by Gasteiger charge is -2.29. The van der Waals surface area contributed by atoms with Gasteiger partial charge in [-0.2, -0.15) is 0 Å². The second-order valence-electron chi connectivity index (χ2n) is 5.43. The lowest BCUT2D eigenvalue weighted by molar-refractivity contribution is 0.0392. The lowest BCUT2D eigenvalue weighted by atomic mass is 9.98. The summed E-state index contributed by atoms with van der Waals surface area (Å²) in [7, 11) is 0. The van der Waals surface area contributed by atoms with E-state index in [1.807, 2.05) is 61.5 Å². The molecule has 1 heterocycles. The monoisotopic (exact) mass is 281 g/mol. The Kier molecular flexibility index (Phi) is 3.76. The standard InChI is InChI=1S/C18H19NO2/c1-2-16(20)17-14-10-6-7-11-15(14)18(21)19(17)12-13-8-4-3-5-9-13/h3-11,16-17,20H,2,12H2,1H3/t16-,17-/m1/s1. The van der Waals surface area contributed by atoms with E-state index in [4.69, 9.17) is 0 Å². The van der Waals surface area contributed by atoms with Crippen molar-refractivity contribution in [2.24, 2.45) is 0 Å². The molecule has 0 aliphatic carbocycles. The Hall–Kier alpha value is -2.13. The summed E-state index contributed by atoms with van der Waals surface area (Å²) in [5.74, 6) is 0.00644. The van der Waals surface area contributed by atoms with Gasteiger partial charge in [0.25, 0.3) is 5.91 Å². The number of hydrogen-bond donors (Lipinski definition) is 1. The summed E-state index contributed by atoms with van der Waals surface area (Å²) in [6.45, 7) is 2.47. The Morgan fingerprint density at radius 3 is 2.48 bits per heavy atom. The molecule has 3 heteroatoms. The molecule has 2 aromatic rings. The fourth-order valence-corrected chi connectivity index (χ4v) is 2.99. The minimum Gasteiger partial charge on any atom is -0.391 e. The van der Waals surface area contributed by atoms with E-state index < -0.39 is 6.10 Å². The molecule has 1 amide bonds. The maximum atomic E-state index is 12.6. The molecular weight excluding hydrogens is 262 g/mol. The zero-order chi connectivity index (χ0) is 14.8. The highest BCUT2D eigenvalue weighted by atomic mass is 16.3. The van der Waals surface area contributed by atoms with Crippen molar-refractivity contribution in [3.8, 4) is 0 Å². The Morgan fingerprint density at radius 1 is 1.10 bits per heavy atom. The molecule has 1 aliphatic heterocycles. The molecule has 0 saturated heterocycles. The van der Waals surface area contributed by atoms with Crippen molar-refractivity contribution >= 4 is 5.91 Å². The first-order valence-electron chi connectivity index (χ1n) is 7.34. The predicted octanol–water partition coefficient (Wildman–Crippen LogP) is 3.15. The van der Waals surface area contributed by atoms with Gasteiger partial charge in [-0.25, -0.2) is 0 Å². The summed E-state index contributed by atoms with van der Waals surface area (Å²) < 4.78 is 0. The average molecular weight is 281 g/mol. The number of aliphatic hydroxyl groups excluding tert-OH is 1. The van der Waals surface area contributed by atoms with Crippen molar-refractivity contribution in [3.63, 3.8) is 0 Å². The Labute approximate surface area is 124 Å². The van der Waals surface area contributed by atoms with Crippen molar-refractivity contribution < 1.29 is 9.90 Å². The van der Waals surface area contributed by atoms with Crippen LogP contribution in [0.5, 0.6) is 0 Å². The molecule has 2 atom stereocenters. The van der Waals surface area contributed by atoms with Crippen LogP contribution in [-0.2, 0) is 6.54 Å². The molecule has 2 aromatic carbocycles. The minimum atomic E-state index is -0.540. The molecule has 21 heavy (non-hydrogen) atoms. The molecule has 1 N–H and O–H groups in total. The molecule has 0 spiro atoms. The maximum absolute atomic E-state index is 12.6. The highest BCUT2D eigenvalue weighted by molar-refractivity contribution is 5.99.